The van der Waals surface area contributed by atoms with Gasteiger partial charge in [-0.2, -0.15) is 0 Å². The summed E-state index contributed by atoms with van der Waals surface area (Å²) in [5.74, 6) is 0. The molecule has 0 saturated carbocycles. The monoisotopic (exact) mass is 541 g/mol. The van der Waals surface area contributed by atoms with Gasteiger partial charge in [-0.05, 0) is 71.1 Å². The zero-order chi connectivity index (χ0) is 26.0. The van der Waals surface area contributed by atoms with E-state index in [1.165, 1.54) is 77.6 Å². The number of H-pyrrole nitrogens is 2. The van der Waals surface area contributed by atoms with Crippen LogP contribution in [0.25, 0.3) is 43.6 Å². The lowest BCUT2D eigenvalue weighted by atomic mass is 10.1. The molecule has 0 unspecified atom stereocenters. The average Bonchev–Trinajstić information content (AvgIpc) is 3.77. The number of aryl methyl sites for hydroxylation is 2. The summed E-state index contributed by atoms with van der Waals surface area (Å²) in [6.45, 7) is 0. The molecule has 0 atom stereocenters. The van der Waals surface area contributed by atoms with Crippen LogP contribution in [0.1, 0.15) is 11.1 Å². The Morgan fingerprint density at radius 3 is 1.10 bits per heavy atom. The van der Waals surface area contributed by atoms with Crippen LogP contribution in [0.2, 0.25) is 0 Å². The van der Waals surface area contributed by atoms with Crippen molar-refractivity contribution < 1.29 is 0 Å². The molecule has 0 bridgehead atoms. The topological polar surface area (TPSA) is 43.6 Å². The zero-order valence-electron chi connectivity index (χ0n) is 21.3. The van der Waals surface area contributed by atoms with Crippen molar-refractivity contribution in [1.29, 1.82) is 0 Å². The van der Waals surface area contributed by atoms with Crippen molar-refractivity contribution in [2.24, 2.45) is 0 Å². The molecule has 0 aliphatic carbocycles. The number of fused-ring (bicyclic) bond motifs is 8. The fourth-order valence-electron chi connectivity index (χ4n) is 5.25. The summed E-state index contributed by atoms with van der Waals surface area (Å²) in [4.78, 5) is 6.76. The number of anilines is 2. The third-order valence-electron chi connectivity index (χ3n) is 7.21. The van der Waals surface area contributed by atoms with E-state index in [9.17, 15) is 0 Å². The molecule has 5 heteroatoms. The minimum Gasteiger partial charge on any atom is -0.355 e. The molecule has 0 fully saturated rings. The molecule has 0 saturated heterocycles. The molecule has 9 rings (SSSR count). The Labute approximate surface area is 234 Å². The highest BCUT2D eigenvalue weighted by atomic mass is 32.1. The van der Waals surface area contributed by atoms with Crippen LogP contribution in [0, 0.1) is 0 Å². The van der Waals surface area contributed by atoms with Gasteiger partial charge in [0.25, 0.3) is 0 Å². The zero-order valence-corrected chi connectivity index (χ0v) is 22.9. The van der Waals surface area contributed by atoms with Crippen LogP contribution in [0.4, 0.5) is 10.0 Å². The fourth-order valence-corrected chi connectivity index (χ4v) is 7.02. The van der Waals surface area contributed by atoms with Crippen molar-refractivity contribution in [1.82, 2.24) is 9.97 Å². The minimum absolute atomic E-state index is 1.18. The number of thiophene rings is 2. The van der Waals surface area contributed by atoms with E-state index < -0.39 is 0 Å². The van der Waals surface area contributed by atoms with Gasteiger partial charge in [0.05, 0.1) is 10.0 Å². The minimum atomic E-state index is 1.18. The van der Waals surface area contributed by atoms with E-state index in [-0.39, 0.29) is 0 Å². The number of benzene rings is 4. The van der Waals surface area contributed by atoms with E-state index in [4.69, 9.17) is 0 Å². The molecule has 1 aliphatic rings. The molecular weight excluding hydrogens is 515 g/mol. The Morgan fingerprint density at radius 1 is 0.410 bits per heavy atom. The maximum atomic E-state index is 3.50. The lowest BCUT2D eigenvalue weighted by molar-refractivity contribution is 0.985. The summed E-state index contributed by atoms with van der Waals surface area (Å²) in [6, 6.07) is 38.0. The van der Waals surface area contributed by atoms with Crippen molar-refractivity contribution in [3.63, 3.8) is 0 Å². The first kappa shape index (κ1) is 23.8. The molecule has 3 nitrogen and oxygen atoms in total. The van der Waals surface area contributed by atoms with E-state index >= 15 is 0 Å². The van der Waals surface area contributed by atoms with Gasteiger partial charge in [0, 0.05) is 43.6 Å². The second kappa shape index (κ2) is 10.4. The van der Waals surface area contributed by atoms with Crippen LogP contribution in [0.5, 0.6) is 0 Å². The average molecular weight is 542 g/mol. The van der Waals surface area contributed by atoms with Crippen LogP contribution >= 0.6 is 22.7 Å². The summed E-state index contributed by atoms with van der Waals surface area (Å²) < 4.78 is 0. The van der Waals surface area contributed by atoms with Crippen molar-refractivity contribution >= 4 is 76.3 Å². The van der Waals surface area contributed by atoms with Gasteiger partial charge in [0.2, 0.25) is 0 Å². The molecule has 4 aromatic carbocycles. The van der Waals surface area contributed by atoms with Crippen molar-refractivity contribution in [3.8, 4) is 0 Å². The van der Waals surface area contributed by atoms with Crippen LogP contribution in [-0.4, -0.2) is 9.97 Å². The van der Waals surface area contributed by atoms with Gasteiger partial charge < -0.3 is 15.3 Å². The van der Waals surface area contributed by atoms with Gasteiger partial charge in [-0.3, -0.25) is 0 Å². The van der Waals surface area contributed by atoms with Crippen molar-refractivity contribution in [2.75, 3.05) is 5.32 Å². The summed E-state index contributed by atoms with van der Waals surface area (Å²) in [5, 5.41) is 15.7. The van der Waals surface area contributed by atoms with Crippen LogP contribution in [-0.2, 0) is 12.8 Å². The molecule has 39 heavy (non-hydrogen) atoms. The van der Waals surface area contributed by atoms with Gasteiger partial charge >= 0.3 is 0 Å². The molecule has 190 valence electrons. The predicted octanol–water partition coefficient (Wildman–Crippen LogP) is 10.3. The largest absolute Gasteiger partial charge is 0.355 e. The van der Waals surface area contributed by atoms with Crippen LogP contribution < -0.4 is 5.32 Å². The van der Waals surface area contributed by atoms with E-state index in [2.05, 4.69) is 135 Å². The normalized spacial score (nSPS) is 12.1. The van der Waals surface area contributed by atoms with E-state index in [0.717, 1.165) is 0 Å². The maximum Gasteiger partial charge on any atom is 0.0965 e. The molecule has 3 N–H and O–H groups in total. The van der Waals surface area contributed by atoms with Crippen LogP contribution in [0.15, 0.2) is 120 Å². The quantitative estimate of drug-likeness (QED) is 0.176. The third kappa shape index (κ3) is 4.71. The van der Waals surface area contributed by atoms with Gasteiger partial charge in [-0.1, -0.05) is 72.8 Å². The summed E-state index contributed by atoms with van der Waals surface area (Å²) in [6.07, 6.45) is 2.35. The summed E-state index contributed by atoms with van der Waals surface area (Å²) >= 11 is 3.60. The molecule has 0 spiro atoms. The molecular formula is C34H27N3S2. The Balaban J connectivity index is 0.0000000974. The lowest BCUT2D eigenvalue weighted by Gasteiger charge is -1.99. The molecule has 0 radical (unpaired) electrons. The number of nitrogens with one attached hydrogen (secondary N) is 3. The van der Waals surface area contributed by atoms with Crippen molar-refractivity contribution in [2.45, 2.75) is 12.8 Å². The van der Waals surface area contributed by atoms with Gasteiger partial charge in [-0.15, -0.1) is 22.7 Å². The molecule has 5 heterocycles. The number of para-hydroxylation sites is 4. The third-order valence-corrected chi connectivity index (χ3v) is 8.96. The number of aromatic amines is 2. The Morgan fingerprint density at radius 2 is 0.744 bits per heavy atom. The smallest absolute Gasteiger partial charge is 0.0965 e. The maximum absolute atomic E-state index is 3.50. The van der Waals surface area contributed by atoms with E-state index in [0.29, 0.717) is 0 Å². The summed E-state index contributed by atoms with van der Waals surface area (Å²) in [7, 11) is 0. The Hall–Kier alpha value is -4.32. The molecule has 1 aliphatic heterocycles. The first-order valence-corrected chi connectivity index (χ1v) is 14.9. The highest BCUT2D eigenvalue weighted by Gasteiger charge is 2.13. The van der Waals surface area contributed by atoms with Crippen molar-refractivity contribution in [3.05, 3.63) is 131 Å². The Bertz CT molecular complexity index is 1770. The van der Waals surface area contributed by atoms with E-state index in [1.807, 2.05) is 0 Å². The Kier molecular flexibility index (Phi) is 6.37. The highest BCUT2D eigenvalue weighted by molar-refractivity contribution is 7.16. The van der Waals surface area contributed by atoms with Crippen LogP contribution in [0.3, 0.4) is 0 Å². The summed E-state index contributed by atoms with van der Waals surface area (Å²) in [5.41, 5.74) is 7.78. The first-order chi connectivity index (χ1) is 19.3. The number of hydrogen-bond donors (Lipinski definition) is 3. The second-order valence-electron chi connectivity index (χ2n) is 9.61. The predicted molar refractivity (Wildman–Crippen MR) is 171 cm³/mol. The van der Waals surface area contributed by atoms with Gasteiger partial charge in [0.1, 0.15) is 0 Å². The first-order valence-electron chi connectivity index (χ1n) is 13.1. The second-order valence-corrected chi connectivity index (χ2v) is 11.4. The van der Waals surface area contributed by atoms with E-state index in [1.54, 1.807) is 22.7 Å². The molecule has 4 aromatic heterocycles. The van der Waals surface area contributed by atoms with Gasteiger partial charge in [0.15, 0.2) is 0 Å². The van der Waals surface area contributed by atoms with Gasteiger partial charge in [-0.25, -0.2) is 0 Å². The SMILES string of the molecule is c1cc2c(s1)Nc1sccc1CC2.c1ccc2c(c1)[nH]c1ccccc12.c1ccc2c(c1)[nH]c1ccccc12. The molecule has 8 aromatic rings. The lowest BCUT2D eigenvalue weighted by Crippen LogP contribution is -1.84. The highest BCUT2D eigenvalue weighted by Crippen LogP contribution is 2.36. The number of aromatic nitrogens is 2. The molecule has 0 amide bonds. The number of rotatable bonds is 0. The standard InChI is InChI=1S/2C12H9N.C10H9NS2/c2*1-3-7-11-9(5-1)10-6-2-4-8-12(10)13-11;1-2-8-4-6-13-10(8)11-9-7(1)3-5-12-9/h2*1-8,13H;3-6,11H,1-2H2. The number of hydrogen-bond acceptors (Lipinski definition) is 3. The fraction of sp³-hybridized carbons (Fsp3) is 0.0588.